The molecule has 2 aromatic heterocycles. The average molecular weight is 386 g/mol. The van der Waals surface area contributed by atoms with Crippen molar-refractivity contribution in [1.82, 2.24) is 14.6 Å². The molecule has 3 aromatic rings. The number of aromatic nitrogens is 3. The van der Waals surface area contributed by atoms with Crippen molar-refractivity contribution in [2.45, 2.75) is 12.8 Å². The topological polar surface area (TPSA) is 85.7 Å². The smallest absolute Gasteiger partial charge is 0.349 e. The number of hydrogen-bond donors (Lipinski definition) is 1. The monoisotopic (exact) mass is 385 g/mol. The summed E-state index contributed by atoms with van der Waals surface area (Å²) < 4.78 is 7.24. The van der Waals surface area contributed by atoms with Crippen LogP contribution in [0.5, 0.6) is 5.75 Å². The molecule has 8 heteroatoms. The molecule has 0 amide bonds. The minimum Gasteiger partial charge on any atom is -0.421 e. The van der Waals surface area contributed by atoms with E-state index in [4.69, 9.17) is 22.1 Å². The number of hydrogen-bond acceptors (Lipinski definition) is 6. The lowest BCUT2D eigenvalue weighted by molar-refractivity contribution is 0.0737. The van der Waals surface area contributed by atoms with Crippen LogP contribution >= 0.6 is 11.6 Å². The molecule has 1 aliphatic rings. The molecule has 0 unspecified atom stereocenters. The molecule has 4 rings (SSSR count). The lowest BCUT2D eigenvalue weighted by atomic mass is 9.96. The number of rotatable bonds is 4. The van der Waals surface area contributed by atoms with Crippen LogP contribution in [0, 0.1) is 5.92 Å². The molecule has 0 bridgehead atoms. The number of ether oxygens (including phenoxy) is 1. The van der Waals surface area contributed by atoms with Gasteiger partial charge >= 0.3 is 5.97 Å². The highest BCUT2D eigenvalue weighted by Crippen LogP contribution is 2.34. The van der Waals surface area contributed by atoms with Crippen LogP contribution in [-0.4, -0.2) is 40.2 Å². The van der Waals surface area contributed by atoms with Crippen LogP contribution in [0.2, 0.25) is 5.02 Å². The fourth-order valence-electron chi connectivity index (χ4n) is 3.37. The molecule has 7 nitrogen and oxygen atoms in total. The van der Waals surface area contributed by atoms with Crippen molar-refractivity contribution in [3.05, 3.63) is 53.4 Å². The van der Waals surface area contributed by atoms with Crippen LogP contribution in [0.15, 0.2) is 42.9 Å². The maximum absolute atomic E-state index is 12.7. The lowest BCUT2D eigenvalue weighted by Gasteiger charge is -2.33. The van der Waals surface area contributed by atoms with Crippen molar-refractivity contribution in [3.63, 3.8) is 0 Å². The highest BCUT2D eigenvalue weighted by molar-refractivity contribution is 6.30. The summed E-state index contributed by atoms with van der Waals surface area (Å²) >= 11 is 6.15. The van der Waals surface area contributed by atoms with Crippen LogP contribution < -0.4 is 15.4 Å². The number of anilines is 1. The highest BCUT2D eigenvalue weighted by atomic mass is 35.5. The van der Waals surface area contributed by atoms with E-state index in [2.05, 4.69) is 15.0 Å². The quantitative estimate of drug-likeness (QED) is 0.549. The lowest BCUT2D eigenvalue weighted by Crippen LogP contribution is -2.36. The van der Waals surface area contributed by atoms with E-state index >= 15 is 0 Å². The SMILES string of the molecule is NCC1CCN(c2ccc(Cl)cc2OC(=O)c2cnn3cccnc23)CC1. The summed E-state index contributed by atoms with van der Waals surface area (Å²) in [5.41, 5.74) is 7.40. The number of halogens is 1. The van der Waals surface area contributed by atoms with Gasteiger partial charge < -0.3 is 15.4 Å². The molecular formula is C19H20ClN5O2. The molecular weight excluding hydrogens is 366 g/mol. The van der Waals surface area contributed by atoms with Crippen LogP contribution in [0.25, 0.3) is 5.65 Å². The van der Waals surface area contributed by atoms with E-state index in [9.17, 15) is 4.79 Å². The van der Waals surface area contributed by atoms with Crippen LogP contribution in [0.3, 0.4) is 0 Å². The van der Waals surface area contributed by atoms with Crippen LogP contribution in [0.1, 0.15) is 23.2 Å². The average Bonchev–Trinajstić information content (AvgIpc) is 3.13. The van der Waals surface area contributed by atoms with Crippen molar-refractivity contribution in [3.8, 4) is 5.75 Å². The molecule has 27 heavy (non-hydrogen) atoms. The molecule has 1 fully saturated rings. The minimum absolute atomic E-state index is 0.309. The Morgan fingerprint density at radius 3 is 2.93 bits per heavy atom. The Hall–Kier alpha value is -2.64. The first-order valence-electron chi connectivity index (χ1n) is 8.91. The molecule has 3 heterocycles. The molecule has 1 aromatic carbocycles. The van der Waals surface area contributed by atoms with Gasteiger partial charge in [-0.25, -0.2) is 14.3 Å². The van der Waals surface area contributed by atoms with E-state index in [-0.39, 0.29) is 0 Å². The minimum atomic E-state index is -0.510. The second-order valence-electron chi connectivity index (χ2n) is 6.61. The number of benzene rings is 1. The third-order valence-electron chi connectivity index (χ3n) is 4.91. The number of piperidine rings is 1. The van der Waals surface area contributed by atoms with Gasteiger partial charge in [0.05, 0.1) is 11.9 Å². The summed E-state index contributed by atoms with van der Waals surface area (Å²) in [7, 11) is 0. The van der Waals surface area contributed by atoms with E-state index in [1.54, 1.807) is 30.6 Å². The van der Waals surface area contributed by atoms with Gasteiger partial charge in [0.1, 0.15) is 5.56 Å². The second kappa shape index (κ2) is 7.54. The van der Waals surface area contributed by atoms with E-state index in [1.807, 2.05) is 6.07 Å². The molecule has 1 saturated heterocycles. The predicted octanol–water partition coefficient (Wildman–Crippen LogP) is 2.78. The van der Waals surface area contributed by atoms with Crippen molar-refractivity contribution < 1.29 is 9.53 Å². The van der Waals surface area contributed by atoms with E-state index in [0.29, 0.717) is 34.4 Å². The zero-order valence-corrected chi connectivity index (χ0v) is 15.5. The third-order valence-corrected chi connectivity index (χ3v) is 5.15. The van der Waals surface area contributed by atoms with Gasteiger partial charge in [-0.2, -0.15) is 5.10 Å². The first kappa shape index (κ1) is 17.8. The zero-order valence-electron chi connectivity index (χ0n) is 14.7. The summed E-state index contributed by atoms with van der Waals surface area (Å²) in [6.07, 6.45) is 6.84. The fraction of sp³-hybridized carbons (Fsp3) is 0.316. The van der Waals surface area contributed by atoms with Crippen molar-refractivity contribution in [2.24, 2.45) is 11.7 Å². The van der Waals surface area contributed by atoms with Gasteiger partial charge in [0.2, 0.25) is 0 Å². The molecule has 140 valence electrons. The Balaban J connectivity index is 1.60. The summed E-state index contributed by atoms with van der Waals surface area (Å²) in [5.74, 6) is 0.474. The molecule has 0 saturated carbocycles. The van der Waals surface area contributed by atoms with Gasteiger partial charge in [0.15, 0.2) is 11.4 Å². The number of carbonyl (C=O) groups is 1. The molecule has 0 atom stereocenters. The van der Waals surface area contributed by atoms with Crippen molar-refractivity contribution in [2.75, 3.05) is 24.5 Å². The molecule has 1 aliphatic heterocycles. The van der Waals surface area contributed by atoms with Crippen LogP contribution in [-0.2, 0) is 0 Å². The van der Waals surface area contributed by atoms with Crippen molar-refractivity contribution in [1.29, 1.82) is 0 Å². The Morgan fingerprint density at radius 2 is 2.15 bits per heavy atom. The summed E-state index contributed by atoms with van der Waals surface area (Å²) in [5, 5.41) is 4.64. The molecule has 0 aliphatic carbocycles. The number of fused-ring (bicyclic) bond motifs is 1. The number of nitrogens with two attached hydrogens (primary N) is 1. The number of esters is 1. The fourth-order valence-corrected chi connectivity index (χ4v) is 3.53. The third kappa shape index (κ3) is 3.61. The maximum atomic E-state index is 12.7. The van der Waals surface area contributed by atoms with Gasteiger partial charge in [-0.05, 0) is 43.5 Å². The summed E-state index contributed by atoms with van der Waals surface area (Å²) in [6, 6.07) is 7.11. The van der Waals surface area contributed by atoms with E-state index in [0.717, 1.165) is 31.6 Å². The second-order valence-corrected chi connectivity index (χ2v) is 7.05. The van der Waals surface area contributed by atoms with Gasteiger partial charge in [-0.3, -0.25) is 0 Å². The van der Waals surface area contributed by atoms with Crippen molar-refractivity contribution >= 4 is 28.9 Å². The van der Waals surface area contributed by atoms with Gasteiger partial charge in [-0.15, -0.1) is 0 Å². The maximum Gasteiger partial charge on any atom is 0.349 e. The predicted molar refractivity (Wildman–Crippen MR) is 103 cm³/mol. The zero-order chi connectivity index (χ0) is 18.8. The number of carbonyl (C=O) groups excluding carboxylic acids is 1. The Bertz CT molecular complexity index is 966. The highest BCUT2D eigenvalue weighted by Gasteiger charge is 2.23. The molecule has 2 N–H and O–H groups in total. The normalized spacial score (nSPS) is 15.3. The van der Waals surface area contributed by atoms with Gasteiger partial charge in [0, 0.05) is 36.6 Å². The van der Waals surface area contributed by atoms with E-state index < -0.39 is 5.97 Å². The van der Waals surface area contributed by atoms with E-state index in [1.165, 1.54) is 10.7 Å². The molecule has 0 radical (unpaired) electrons. The Kier molecular flexibility index (Phi) is 4.96. The Morgan fingerprint density at radius 1 is 1.33 bits per heavy atom. The van der Waals surface area contributed by atoms with Crippen LogP contribution in [0.4, 0.5) is 5.69 Å². The molecule has 0 spiro atoms. The van der Waals surface area contributed by atoms with Gasteiger partial charge in [0.25, 0.3) is 0 Å². The Labute approximate surface area is 161 Å². The number of nitrogens with zero attached hydrogens (tertiary/aromatic N) is 4. The first-order chi connectivity index (χ1) is 13.2. The van der Waals surface area contributed by atoms with Gasteiger partial charge in [-0.1, -0.05) is 11.6 Å². The standard InChI is InChI=1S/C19H20ClN5O2/c20-14-2-3-16(24-8-4-13(11-21)5-9-24)17(10-14)27-19(26)15-12-23-25-7-1-6-22-18(15)25/h1-3,6-7,10,12-13H,4-5,8-9,11,21H2. The largest absolute Gasteiger partial charge is 0.421 e. The first-order valence-corrected chi connectivity index (χ1v) is 9.28. The summed E-state index contributed by atoms with van der Waals surface area (Å²) in [6.45, 7) is 2.44. The summed E-state index contributed by atoms with van der Waals surface area (Å²) in [4.78, 5) is 19.2.